The number of ether oxygens (including phenoxy) is 3. The zero-order valence-electron chi connectivity index (χ0n) is 24.6. The summed E-state index contributed by atoms with van der Waals surface area (Å²) in [5, 5.41) is 27.2. The summed E-state index contributed by atoms with van der Waals surface area (Å²) in [5.74, 6) is -4.10. The van der Waals surface area contributed by atoms with Crippen LogP contribution in [0.2, 0.25) is 0 Å². The quantitative estimate of drug-likeness (QED) is 0.228. The second kappa shape index (κ2) is 14.9. The van der Waals surface area contributed by atoms with Crippen molar-refractivity contribution >= 4 is 27.8 Å². The normalized spacial score (nSPS) is 11.0. The molecule has 0 aliphatic rings. The van der Waals surface area contributed by atoms with Crippen molar-refractivity contribution in [3.05, 3.63) is 72.6 Å². The molecule has 0 radical (unpaired) electrons. The van der Waals surface area contributed by atoms with Crippen LogP contribution < -0.4 is 29.1 Å². The molecule has 0 saturated carbocycles. The fourth-order valence-electron chi connectivity index (χ4n) is 3.48. The third kappa shape index (κ3) is 9.32. The van der Waals surface area contributed by atoms with Gasteiger partial charge in [-0.3, -0.25) is 4.72 Å². The highest BCUT2D eigenvalue weighted by molar-refractivity contribution is 7.92. The summed E-state index contributed by atoms with van der Waals surface area (Å²) in [6, 6.07) is 15.0. The number of aliphatic hydroxyl groups is 1. The maximum Gasteiger partial charge on any atom is 0.263 e. The van der Waals surface area contributed by atoms with Crippen LogP contribution in [0.5, 0.6) is 23.1 Å². The number of benzene rings is 2. The number of para-hydroxylation sites is 2. The van der Waals surface area contributed by atoms with Gasteiger partial charge in [0.2, 0.25) is 11.6 Å². The number of carboxylic acids is 2. The third-order valence-corrected chi connectivity index (χ3v) is 6.99. The number of carbonyl (C=O) groups excluding carboxylic acids is 2. The summed E-state index contributed by atoms with van der Waals surface area (Å²) in [4.78, 5) is 35.0. The van der Waals surface area contributed by atoms with E-state index in [9.17, 15) is 13.5 Å². The van der Waals surface area contributed by atoms with Gasteiger partial charge in [-0.2, -0.15) is 4.98 Å². The van der Waals surface area contributed by atoms with E-state index in [1.54, 1.807) is 42.5 Å². The van der Waals surface area contributed by atoms with Crippen molar-refractivity contribution in [2.75, 3.05) is 25.0 Å². The largest absolute Gasteiger partial charge is 0.543 e. The molecule has 0 amide bonds. The Bertz CT molecular complexity index is 1720. The molecule has 2 N–H and O–H groups in total. The number of carbonyl (C=O) groups is 2. The van der Waals surface area contributed by atoms with E-state index < -0.39 is 22.0 Å². The van der Waals surface area contributed by atoms with Crippen molar-refractivity contribution in [2.45, 2.75) is 31.1 Å². The molecule has 4 rings (SSSR count). The minimum atomic E-state index is -4.14. The summed E-state index contributed by atoms with van der Waals surface area (Å²) in [6.07, 6.45) is 3.00. The van der Waals surface area contributed by atoms with E-state index in [1.165, 1.54) is 31.6 Å². The predicted molar refractivity (Wildman–Crippen MR) is 155 cm³/mol. The number of aromatic nitrogens is 4. The molecule has 15 nitrogen and oxygen atoms in total. The van der Waals surface area contributed by atoms with Crippen LogP contribution in [0.25, 0.3) is 11.6 Å². The van der Waals surface area contributed by atoms with Gasteiger partial charge in [-0.15, -0.1) is 0 Å². The van der Waals surface area contributed by atoms with Gasteiger partial charge in [0.05, 0.1) is 30.6 Å². The van der Waals surface area contributed by atoms with Crippen LogP contribution in [0.4, 0.5) is 5.82 Å². The lowest BCUT2D eigenvalue weighted by Gasteiger charge is -2.20. The van der Waals surface area contributed by atoms with Gasteiger partial charge in [-0.1, -0.05) is 45.0 Å². The number of nitrogens with one attached hydrogen (secondary N) is 1. The maximum absolute atomic E-state index is 13.5. The summed E-state index contributed by atoms with van der Waals surface area (Å²) in [7, 11) is -2.66. The molecule has 0 bridgehead atoms. The second-order valence-electron chi connectivity index (χ2n) is 9.88. The Morgan fingerprint density at radius 2 is 1.49 bits per heavy atom. The average molecular weight is 640 g/mol. The maximum atomic E-state index is 13.5. The van der Waals surface area contributed by atoms with Gasteiger partial charge in [0.25, 0.3) is 15.9 Å². The Morgan fingerprint density at radius 3 is 2.02 bits per heavy atom. The molecule has 0 fully saturated rings. The van der Waals surface area contributed by atoms with Crippen molar-refractivity contribution in [1.82, 2.24) is 19.9 Å². The number of sulfonamides is 1. The van der Waals surface area contributed by atoms with E-state index >= 15 is 0 Å². The fraction of sp³-hybridized carbons (Fsp3) is 0.241. The highest BCUT2D eigenvalue weighted by Crippen LogP contribution is 2.41. The molecule has 2 heterocycles. The Morgan fingerprint density at radius 1 is 0.889 bits per heavy atom. The monoisotopic (exact) mass is 639 g/mol. The van der Waals surface area contributed by atoms with Crippen molar-refractivity contribution < 1.29 is 47.5 Å². The van der Waals surface area contributed by atoms with E-state index in [2.05, 4.69) is 24.7 Å². The molecule has 2 aromatic heterocycles. The smallest absolute Gasteiger partial charge is 0.263 e. The molecule has 0 saturated heterocycles. The van der Waals surface area contributed by atoms with Crippen LogP contribution >= 0.6 is 0 Å². The van der Waals surface area contributed by atoms with E-state index in [1.807, 2.05) is 20.8 Å². The average Bonchev–Trinajstić information content (AvgIpc) is 3.01. The summed E-state index contributed by atoms with van der Waals surface area (Å²) in [6.45, 7) is 5.65. The van der Waals surface area contributed by atoms with Gasteiger partial charge in [0.1, 0.15) is 6.61 Å². The van der Waals surface area contributed by atoms with Gasteiger partial charge in [-0.25, -0.2) is 23.4 Å². The molecule has 45 heavy (non-hydrogen) atoms. The minimum Gasteiger partial charge on any atom is -0.543 e. The van der Waals surface area contributed by atoms with E-state index in [0.717, 1.165) is 5.56 Å². The highest BCUT2D eigenvalue weighted by atomic mass is 32.2. The number of rotatable bonds is 10. The zero-order chi connectivity index (χ0) is 33.2. The molecule has 238 valence electrons. The van der Waals surface area contributed by atoms with E-state index in [0.29, 0.717) is 5.75 Å². The molecule has 2 aromatic carbocycles. The molecule has 0 aliphatic carbocycles. The molecule has 0 atom stereocenters. The summed E-state index contributed by atoms with van der Waals surface area (Å²) < 4.78 is 46.6. The van der Waals surface area contributed by atoms with Gasteiger partial charge < -0.3 is 39.1 Å². The number of carboxylic acid groups (broad SMARTS) is 2. The molecule has 0 unspecified atom stereocenters. The topological polar surface area (TPSA) is 226 Å². The van der Waals surface area contributed by atoms with Crippen LogP contribution in [0.3, 0.4) is 0 Å². The first kappa shape index (κ1) is 34.1. The molecular weight excluding hydrogens is 610 g/mol. The number of methoxy groups -OCH3 is 1. The van der Waals surface area contributed by atoms with Crippen LogP contribution in [-0.4, -0.2) is 65.7 Å². The van der Waals surface area contributed by atoms with Crippen molar-refractivity contribution in [2.24, 2.45) is 0 Å². The minimum absolute atomic E-state index is 0.0169. The van der Waals surface area contributed by atoms with Gasteiger partial charge >= 0.3 is 0 Å². The molecule has 0 aliphatic heterocycles. The number of anilines is 1. The second-order valence-corrected chi connectivity index (χ2v) is 11.6. The van der Waals surface area contributed by atoms with Crippen LogP contribution in [0.15, 0.2) is 71.9 Å². The number of aliphatic carboxylic acids is 2. The van der Waals surface area contributed by atoms with Crippen molar-refractivity contribution in [3.8, 4) is 34.8 Å². The van der Waals surface area contributed by atoms with Gasteiger partial charge in [0.15, 0.2) is 23.1 Å². The Hall–Kier alpha value is -5.35. The summed E-state index contributed by atoms with van der Waals surface area (Å²) >= 11 is 0. The van der Waals surface area contributed by atoms with Crippen molar-refractivity contribution in [1.29, 1.82) is 0 Å². The Balaban J connectivity index is 0.000000838. The Labute approximate surface area is 258 Å². The standard InChI is InChI=1S/C27H29N5O6S.C2H2O4/c1-27(2,3)18-10-12-19(13-11-18)39(34,35)32-23-22(38-21-9-6-5-8-20(21)36-4)26(37-17-16-33)31-25(30-23)24-28-14-7-15-29-24;3-1(4)2(5)6/h5-15,33H,16-17H2,1-4H3,(H,30,31,32);(H,3,4)(H,5,6)/p-2. The SMILES string of the molecule is COc1ccccc1Oc1c(NS(=O)(=O)c2ccc(C(C)(C)C)cc2)nc(-c2ncccn2)nc1OCCO.O=C([O-])C(=O)[O-]. The van der Waals surface area contributed by atoms with Crippen LogP contribution in [-0.2, 0) is 25.0 Å². The number of hydrogen-bond acceptors (Lipinski definition) is 14. The molecular formula is C29H29N5O10S-2. The lowest BCUT2D eigenvalue weighted by molar-refractivity contribution is -0.345. The lowest BCUT2D eigenvalue weighted by Crippen LogP contribution is -2.42. The first-order chi connectivity index (χ1) is 21.3. The zero-order valence-corrected chi connectivity index (χ0v) is 25.4. The number of hydrogen-bond donors (Lipinski definition) is 2. The molecule has 4 aromatic rings. The predicted octanol–water partition coefficient (Wildman–Crippen LogP) is 0.690. The van der Waals surface area contributed by atoms with Gasteiger partial charge in [0, 0.05) is 12.4 Å². The molecule has 16 heteroatoms. The first-order valence-electron chi connectivity index (χ1n) is 13.1. The Kier molecular flexibility index (Phi) is 11.3. The first-order valence-corrected chi connectivity index (χ1v) is 14.5. The molecule has 0 spiro atoms. The summed E-state index contributed by atoms with van der Waals surface area (Å²) in [5.41, 5.74) is 0.827. The van der Waals surface area contributed by atoms with Crippen molar-refractivity contribution in [3.63, 3.8) is 0 Å². The number of nitrogens with zero attached hydrogens (tertiary/aromatic N) is 4. The van der Waals surface area contributed by atoms with E-state index in [-0.39, 0.29) is 58.4 Å². The third-order valence-electron chi connectivity index (χ3n) is 5.64. The van der Waals surface area contributed by atoms with Gasteiger partial charge in [-0.05, 0) is 41.3 Å². The van der Waals surface area contributed by atoms with Crippen LogP contribution in [0, 0.1) is 0 Å². The fourth-order valence-corrected chi connectivity index (χ4v) is 4.48. The highest BCUT2D eigenvalue weighted by Gasteiger charge is 2.26. The number of aliphatic hydroxyl groups excluding tert-OH is 1. The lowest BCUT2D eigenvalue weighted by atomic mass is 9.87. The van der Waals surface area contributed by atoms with Crippen LogP contribution in [0.1, 0.15) is 26.3 Å². The van der Waals surface area contributed by atoms with E-state index in [4.69, 9.17) is 34.0 Å².